The molecule has 120 valence electrons. The van der Waals surface area contributed by atoms with Gasteiger partial charge in [0.15, 0.2) is 5.78 Å². The van der Waals surface area contributed by atoms with Crippen LogP contribution < -0.4 is 4.74 Å². The average Bonchev–Trinajstić information content (AvgIpc) is 2.47. The van der Waals surface area contributed by atoms with Crippen LogP contribution in [0.5, 0.6) is 5.75 Å². The number of carbonyl (C=O) groups excluding carboxylic acids is 2. The molecule has 0 fully saturated rings. The van der Waals surface area contributed by atoms with Crippen LogP contribution in [0.2, 0.25) is 0 Å². The van der Waals surface area contributed by atoms with E-state index < -0.39 is 12.3 Å². The number of carbonyl (C=O) groups is 2. The van der Waals surface area contributed by atoms with Crippen LogP contribution >= 0.6 is 0 Å². The van der Waals surface area contributed by atoms with E-state index in [2.05, 4.69) is 13.5 Å². The maximum atomic E-state index is 11.7. The number of hydrogen-bond acceptors (Lipinski definition) is 4. The molecule has 1 aromatic rings. The molecule has 1 atom stereocenters. The van der Waals surface area contributed by atoms with Crippen molar-refractivity contribution in [1.29, 1.82) is 0 Å². The molecule has 0 aliphatic rings. The van der Waals surface area contributed by atoms with E-state index in [1.807, 2.05) is 0 Å². The Morgan fingerprint density at radius 1 is 1.14 bits per heavy atom. The van der Waals surface area contributed by atoms with Crippen molar-refractivity contribution >= 4 is 11.8 Å². The van der Waals surface area contributed by atoms with Gasteiger partial charge in [0.1, 0.15) is 5.75 Å². The summed E-state index contributed by atoms with van der Waals surface area (Å²) in [4.78, 5) is 22.9. The minimum Gasteiger partial charge on any atom is -0.455 e. The quantitative estimate of drug-likeness (QED) is 0.224. The maximum absolute atomic E-state index is 11.7. The highest BCUT2D eigenvalue weighted by atomic mass is 16.7. The van der Waals surface area contributed by atoms with Crippen LogP contribution in [-0.2, 0) is 9.53 Å². The molecule has 0 spiro atoms. The highest BCUT2D eigenvalue weighted by Gasteiger charge is 2.16. The summed E-state index contributed by atoms with van der Waals surface area (Å²) in [6, 6.07) is 6.80. The molecule has 0 aliphatic carbocycles. The van der Waals surface area contributed by atoms with E-state index in [4.69, 9.17) is 9.47 Å². The van der Waals surface area contributed by atoms with E-state index in [0.717, 1.165) is 19.3 Å². The molecule has 0 aliphatic heterocycles. The summed E-state index contributed by atoms with van der Waals surface area (Å²) in [5.41, 5.74) is 0.963. The summed E-state index contributed by atoms with van der Waals surface area (Å²) in [7, 11) is 0. The zero-order chi connectivity index (χ0) is 16.5. The Morgan fingerprint density at radius 3 is 2.27 bits per heavy atom. The number of hydrogen-bond donors (Lipinski definition) is 0. The van der Waals surface area contributed by atoms with Crippen molar-refractivity contribution in [2.75, 3.05) is 0 Å². The first-order valence-electron chi connectivity index (χ1n) is 7.58. The van der Waals surface area contributed by atoms with Gasteiger partial charge in [0.05, 0.1) is 0 Å². The third-order valence-electron chi connectivity index (χ3n) is 3.16. The van der Waals surface area contributed by atoms with Crippen molar-refractivity contribution < 1.29 is 19.1 Å². The molecule has 0 aromatic heterocycles. The van der Waals surface area contributed by atoms with E-state index in [1.54, 1.807) is 31.2 Å². The normalized spacial score (nSPS) is 11.6. The predicted octanol–water partition coefficient (Wildman–Crippen LogP) is 4.29. The van der Waals surface area contributed by atoms with Gasteiger partial charge in [-0.3, -0.25) is 4.79 Å². The van der Waals surface area contributed by atoms with Crippen LogP contribution in [0.4, 0.5) is 0 Å². The zero-order valence-electron chi connectivity index (χ0n) is 13.6. The van der Waals surface area contributed by atoms with Gasteiger partial charge in [-0.05, 0) is 44.5 Å². The number of ether oxygens (including phenoxy) is 2. The summed E-state index contributed by atoms with van der Waals surface area (Å²) in [6.45, 7) is 8.80. The predicted molar refractivity (Wildman–Crippen MR) is 85.9 cm³/mol. The van der Waals surface area contributed by atoms with E-state index >= 15 is 0 Å². The highest BCUT2D eigenvalue weighted by Crippen LogP contribution is 2.18. The lowest BCUT2D eigenvalue weighted by Gasteiger charge is -2.19. The summed E-state index contributed by atoms with van der Waals surface area (Å²) in [5, 5.41) is 0. The van der Waals surface area contributed by atoms with Crippen molar-refractivity contribution in [2.24, 2.45) is 0 Å². The SMILES string of the molecule is C=C(C)C(=O)OC(CCCCC)Oc1ccc(C(C)=O)cc1. The molecule has 0 saturated heterocycles. The molecule has 0 N–H and O–H groups in total. The number of esters is 1. The molecule has 0 saturated carbocycles. The van der Waals surface area contributed by atoms with Crippen molar-refractivity contribution in [1.82, 2.24) is 0 Å². The van der Waals surface area contributed by atoms with Gasteiger partial charge in [0.2, 0.25) is 6.29 Å². The minimum atomic E-state index is -0.640. The Morgan fingerprint density at radius 2 is 1.77 bits per heavy atom. The Balaban J connectivity index is 2.71. The molecule has 0 radical (unpaired) electrons. The Labute approximate surface area is 132 Å². The van der Waals surface area contributed by atoms with Gasteiger partial charge >= 0.3 is 5.97 Å². The molecular formula is C18H24O4. The van der Waals surface area contributed by atoms with Crippen LogP contribution in [0.1, 0.15) is 56.8 Å². The van der Waals surface area contributed by atoms with Crippen molar-refractivity contribution in [3.05, 3.63) is 42.0 Å². The number of ketones is 1. The molecule has 1 unspecified atom stereocenters. The lowest BCUT2D eigenvalue weighted by Crippen LogP contribution is -2.24. The van der Waals surface area contributed by atoms with E-state index in [0.29, 0.717) is 23.3 Å². The van der Waals surface area contributed by atoms with Gasteiger partial charge in [0.25, 0.3) is 0 Å². The first-order valence-corrected chi connectivity index (χ1v) is 7.58. The van der Waals surface area contributed by atoms with Gasteiger partial charge < -0.3 is 9.47 Å². The topological polar surface area (TPSA) is 52.6 Å². The standard InChI is InChI=1S/C18H24O4/c1-5-6-7-8-17(22-18(20)13(2)3)21-16-11-9-15(10-12-16)14(4)19/h9-12,17H,2,5-8H2,1,3-4H3. The van der Waals surface area contributed by atoms with Crippen molar-refractivity contribution in [3.8, 4) is 5.75 Å². The molecule has 1 aromatic carbocycles. The maximum Gasteiger partial charge on any atom is 0.336 e. The number of rotatable bonds is 9. The number of Topliss-reactive ketones (excluding diaryl/α,β-unsaturated/α-hetero) is 1. The fourth-order valence-electron chi connectivity index (χ4n) is 1.84. The highest BCUT2D eigenvalue weighted by molar-refractivity contribution is 5.94. The van der Waals surface area contributed by atoms with E-state index in [-0.39, 0.29) is 5.78 Å². The third kappa shape index (κ3) is 6.12. The number of benzene rings is 1. The smallest absolute Gasteiger partial charge is 0.336 e. The second kappa shape index (κ2) is 9.03. The van der Waals surface area contributed by atoms with Gasteiger partial charge in [-0.15, -0.1) is 0 Å². The lowest BCUT2D eigenvalue weighted by molar-refractivity contribution is -0.159. The van der Waals surface area contributed by atoms with Crippen LogP contribution in [0, 0.1) is 0 Å². The van der Waals surface area contributed by atoms with Gasteiger partial charge in [-0.25, -0.2) is 4.79 Å². The monoisotopic (exact) mass is 304 g/mol. The zero-order valence-corrected chi connectivity index (χ0v) is 13.6. The minimum absolute atomic E-state index is 0.000226. The lowest BCUT2D eigenvalue weighted by atomic mass is 10.1. The molecule has 0 bridgehead atoms. The molecule has 4 nitrogen and oxygen atoms in total. The first kappa shape index (κ1) is 18.0. The van der Waals surface area contributed by atoms with Crippen molar-refractivity contribution in [2.45, 2.75) is 52.7 Å². The van der Waals surface area contributed by atoms with E-state index in [1.165, 1.54) is 6.92 Å². The summed E-state index contributed by atoms with van der Waals surface area (Å²) < 4.78 is 11.0. The first-order chi connectivity index (χ1) is 10.4. The third-order valence-corrected chi connectivity index (χ3v) is 3.16. The van der Waals surface area contributed by atoms with E-state index in [9.17, 15) is 9.59 Å². The molecule has 1 rings (SSSR count). The fourth-order valence-corrected chi connectivity index (χ4v) is 1.84. The van der Waals surface area contributed by atoms with Crippen LogP contribution in [0.25, 0.3) is 0 Å². The van der Waals surface area contributed by atoms with Crippen LogP contribution in [0.15, 0.2) is 36.4 Å². The Hall–Kier alpha value is -2.10. The number of unbranched alkanes of at least 4 members (excludes halogenated alkanes) is 2. The fraction of sp³-hybridized carbons (Fsp3) is 0.444. The molecule has 22 heavy (non-hydrogen) atoms. The van der Waals surface area contributed by atoms with Crippen molar-refractivity contribution in [3.63, 3.8) is 0 Å². The average molecular weight is 304 g/mol. The van der Waals surface area contributed by atoms with Crippen LogP contribution in [0.3, 0.4) is 0 Å². The van der Waals surface area contributed by atoms with Gasteiger partial charge in [0, 0.05) is 17.6 Å². The Kier molecular flexibility index (Phi) is 7.37. The second-order valence-electron chi connectivity index (χ2n) is 5.31. The molecule has 0 amide bonds. The summed E-state index contributed by atoms with van der Waals surface area (Å²) in [6.07, 6.45) is 3.03. The Bertz CT molecular complexity index is 516. The second-order valence-corrected chi connectivity index (χ2v) is 5.31. The van der Waals surface area contributed by atoms with Gasteiger partial charge in [-0.1, -0.05) is 26.3 Å². The summed E-state index contributed by atoms with van der Waals surface area (Å²) >= 11 is 0. The van der Waals surface area contributed by atoms with Gasteiger partial charge in [-0.2, -0.15) is 0 Å². The summed E-state index contributed by atoms with van der Waals surface area (Å²) in [5.74, 6) is 0.114. The molecule has 0 heterocycles. The van der Waals surface area contributed by atoms with Crippen LogP contribution in [-0.4, -0.2) is 18.0 Å². The molecule has 4 heteroatoms. The largest absolute Gasteiger partial charge is 0.455 e. The molecular weight excluding hydrogens is 280 g/mol.